The number of hydrogen-bond acceptors (Lipinski definition) is 1. The van der Waals surface area contributed by atoms with Crippen LogP contribution in [0.25, 0.3) is 0 Å². The first-order valence-corrected chi connectivity index (χ1v) is 3.49. The minimum Gasteiger partial charge on any atom is -0.385 e. The van der Waals surface area contributed by atoms with Gasteiger partial charge in [-0.1, -0.05) is 26.3 Å². The maximum absolute atomic E-state index is 3.44. The molecule has 0 fully saturated rings. The van der Waals surface area contributed by atoms with Crippen molar-refractivity contribution in [2.45, 2.75) is 26.2 Å². The van der Waals surface area contributed by atoms with Crippen LogP contribution in [0.1, 0.15) is 26.2 Å². The first-order chi connectivity index (χ1) is 4.41. The summed E-state index contributed by atoms with van der Waals surface area (Å²) in [6.45, 7) is 6.69. The van der Waals surface area contributed by atoms with Crippen molar-refractivity contribution < 1.29 is 0 Å². The van der Waals surface area contributed by atoms with Gasteiger partial charge in [0.15, 0.2) is 0 Å². The smallest absolute Gasteiger partial charge is 0.0391 e. The van der Waals surface area contributed by atoms with E-state index in [1.54, 1.807) is 6.20 Å². The normalized spacial score (nSPS) is 8.11. The van der Waals surface area contributed by atoms with Gasteiger partial charge in [-0.25, -0.2) is 0 Å². The van der Waals surface area contributed by atoms with Crippen LogP contribution in [-0.4, -0.2) is 6.54 Å². The molecule has 1 nitrogen and oxygen atoms in total. The molecular weight excluding hydrogens is 110 g/mol. The Balaban J connectivity index is 2.82. The molecule has 0 saturated carbocycles. The van der Waals surface area contributed by atoms with Crippen LogP contribution in [0.4, 0.5) is 0 Å². The summed E-state index contributed by atoms with van der Waals surface area (Å²) in [7, 11) is 0. The lowest BCUT2D eigenvalue weighted by molar-refractivity contribution is 0.683. The lowest BCUT2D eigenvalue weighted by Crippen LogP contribution is -2.05. The Labute approximate surface area is 57.5 Å². The average Bonchev–Trinajstić information content (AvgIpc) is 1.89. The standard InChI is InChI=1S/C8H15N/c1-3-5-6-8-9-7-4-2/h7,9H,2-3,5-6,8H2,1H3. The zero-order valence-corrected chi connectivity index (χ0v) is 6.11. The molecule has 0 saturated heterocycles. The second-order valence-corrected chi connectivity index (χ2v) is 2.01. The summed E-state index contributed by atoms with van der Waals surface area (Å²) in [5, 5.41) is 3.07. The Morgan fingerprint density at radius 1 is 1.56 bits per heavy atom. The van der Waals surface area contributed by atoms with Crippen LogP contribution in [0, 0.1) is 0 Å². The SMILES string of the molecule is C=C=CNCCCCC. The molecule has 0 aliphatic rings. The largest absolute Gasteiger partial charge is 0.385 e. The molecule has 0 heterocycles. The number of unbranched alkanes of at least 4 members (excludes halogenated alkanes) is 2. The summed E-state index contributed by atoms with van der Waals surface area (Å²) in [6.07, 6.45) is 5.59. The van der Waals surface area contributed by atoms with Crippen LogP contribution >= 0.6 is 0 Å². The molecule has 0 aromatic rings. The Bertz CT molecular complexity index is 90.7. The third-order valence-electron chi connectivity index (χ3n) is 1.13. The Morgan fingerprint density at radius 3 is 2.89 bits per heavy atom. The van der Waals surface area contributed by atoms with Gasteiger partial charge in [-0.2, -0.15) is 0 Å². The predicted molar refractivity (Wildman–Crippen MR) is 41.2 cm³/mol. The molecule has 9 heavy (non-hydrogen) atoms. The Kier molecular flexibility index (Phi) is 6.77. The fourth-order valence-electron chi connectivity index (χ4n) is 0.621. The van der Waals surface area contributed by atoms with Gasteiger partial charge >= 0.3 is 0 Å². The van der Waals surface area contributed by atoms with Crippen molar-refractivity contribution in [1.82, 2.24) is 5.32 Å². The van der Waals surface area contributed by atoms with Crippen LogP contribution in [0.3, 0.4) is 0 Å². The Hall–Kier alpha value is -0.680. The van der Waals surface area contributed by atoms with Crippen molar-refractivity contribution in [1.29, 1.82) is 0 Å². The molecule has 0 bridgehead atoms. The summed E-state index contributed by atoms with van der Waals surface area (Å²) >= 11 is 0. The summed E-state index contributed by atoms with van der Waals surface area (Å²) in [5.74, 6) is 0. The van der Waals surface area contributed by atoms with Gasteiger partial charge in [0, 0.05) is 12.7 Å². The number of hydrogen-bond donors (Lipinski definition) is 1. The first kappa shape index (κ1) is 8.32. The van der Waals surface area contributed by atoms with Crippen LogP contribution in [0.5, 0.6) is 0 Å². The van der Waals surface area contributed by atoms with E-state index in [9.17, 15) is 0 Å². The van der Waals surface area contributed by atoms with Crippen molar-refractivity contribution in [3.63, 3.8) is 0 Å². The van der Waals surface area contributed by atoms with E-state index in [-0.39, 0.29) is 0 Å². The summed E-state index contributed by atoms with van der Waals surface area (Å²) in [4.78, 5) is 0. The third kappa shape index (κ3) is 7.32. The van der Waals surface area contributed by atoms with Gasteiger partial charge in [0.2, 0.25) is 0 Å². The van der Waals surface area contributed by atoms with Gasteiger partial charge in [0.1, 0.15) is 0 Å². The minimum absolute atomic E-state index is 1.05. The maximum atomic E-state index is 3.44. The van der Waals surface area contributed by atoms with Crippen molar-refractivity contribution >= 4 is 0 Å². The molecule has 0 aromatic carbocycles. The highest BCUT2D eigenvalue weighted by atomic mass is 14.8. The van der Waals surface area contributed by atoms with E-state index in [0.717, 1.165) is 6.54 Å². The van der Waals surface area contributed by atoms with E-state index in [1.807, 2.05) is 0 Å². The fourth-order valence-corrected chi connectivity index (χ4v) is 0.621. The van der Waals surface area contributed by atoms with Crippen molar-refractivity contribution in [3.8, 4) is 0 Å². The highest BCUT2D eigenvalue weighted by Gasteiger charge is 1.80. The first-order valence-electron chi connectivity index (χ1n) is 3.49. The van der Waals surface area contributed by atoms with Crippen molar-refractivity contribution in [2.24, 2.45) is 0 Å². The van der Waals surface area contributed by atoms with Gasteiger partial charge in [0.05, 0.1) is 0 Å². The molecule has 1 N–H and O–H groups in total. The summed E-state index contributed by atoms with van der Waals surface area (Å²) in [6, 6.07) is 0. The van der Waals surface area contributed by atoms with Crippen LogP contribution in [-0.2, 0) is 0 Å². The third-order valence-corrected chi connectivity index (χ3v) is 1.13. The highest BCUT2D eigenvalue weighted by Crippen LogP contribution is 1.90. The molecule has 52 valence electrons. The number of rotatable bonds is 5. The lowest BCUT2D eigenvalue weighted by atomic mass is 10.2. The van der Waals surface area contributed by atoms with Crippen LogP contribution in [0.15, 0.2) is 18.5 Å². The second-order valence-electron chi connectivity index (χ2n) is 2.01. The van der Waals surface area contributed by atoms with E-state index >= 15 is 0 Å². The molecule has 0 aliphatic carbocycles. The van der Waals surface area contributed by atoms with Crippen LogP contribution in [0.2, 0.25) is 0 Å². The molecule has 0 aliphatic heterocycles. The lowest BCUT2D eigenvalue weighted by Gasteiger charge is -1.95. The van der Waals surface area contributed by atoms with Gasteiger partial charge < -0.3 is 5.32 Å². The molecule has 0 atom stereocenters. The molecule has 0 rings (SSSR count). The quantitative estimate of drug-likeness (QED) is 0.438. The van der Waals surface area contributed by atoms with E-state index in [0.29, 0.717) is 0 Å². The van der Waals surface area contributed by atoms with Crippen molar-refractivity contribution in [2.75, 3.05) is 6.54 Å². The summed E-state index contributed by atoms with van der Waals surface area (Å²) < 4.78 is 0. The Morgan fingerprint density at radius 2 is 2.33 bits per heavy atom. The molecule has 0 unspecified atom stereocenters. The van der Waals surface area contributed by atoms with Crippen LogP contribution < -0.4 is 5.32 Å². The monoisotopic (exact) mass is 125 g/mol. The summed E-state index contributed by atoms with van der Waals surface area (Å²) in [5.41, 5.74) is 2.66. The van der Waals surface area contributed by atoms with Gasteiger partial charge in [-0.15, -0.1) is 5.73 Å². The zero-order chi connectivity index (χ0) is 6.95. The minimum atomic E-state index is 1.05. The molecule has 0 radical (unpaired) electrons. The van der Waals surface area contributed by atoms with E-state index in [1.165, 1.54) is 19.3 Å². The van der Waals surface area contributed by atoms with E-state index in [4.69, 9.17) is 0 Å². The van der Waals surface area contributed by atoms with E-state index in [2.05, 4.69) is 24.6 Å². The predicted octanol–water partition coefficient (Wildman–Crippen LogP) is 2.06. The highest BCUT2D eigenvalue weighted by molar-refractivity contribution is 4.71. The van der Waals surface area contributed by atoms with Gasteiger partial charge in [-0.05, 0) is 6.42 Å². The molecule has 0 aromatic heterocycles. The second kappa shape index (κ2) is 7.32. The average molecular weight is 125 g/mol. The van der Waals surface area contributed by atoms with E-state index < -0.39 is 0 Å². The van der Waals surface area contributed by atoms with Crippen molar-refractivity contribution in [3.05, 3.63) is 18.5 Å². The van der Waals surface area contributed by atoms with Gasteiger partial charge in [0.25, 0.3) is 0 Å². The fraction of sp³-hybridized carbons (Fsp3) is 0.625. The molecular formula is C8H15N. The number of nitrogens with one attached hydrogen (secondary N) is 1. The topological polar surface area (TPSA) is 12.0 Å². The zero-order valence-electron chi connectivity index (χ0n) is 6.11. The molecule has 1 heteroatoms. The maximum Gasteiger partial charge on any atom is 0.0391 e. The molecule has 0 amide bonds. The molecule has 0 spiro atoms. The van der Waals surface area contributed by atoms with Gasteiger partial charge in [-0.3, -0.25) is 0 Å².